The number of halogens is 4. The summed E-state index contributed by atoms with van der Waals surface area (Å²) in [5.41, 5.74) is -2.18. The van der Waals surface area contributed by atoms with Gasteiger partial charge in [0.1, 0.15) is 22.8 Å². The van der Waals surface area contributed by atoms with Crippen molar-refractivity contribution in [3.05, 3.63) is 93.0 Å². The highest BCUT2D eigenvalue weighted by molar-refractivity contribution is 6.31. The number of ether oxygens (including phenoxy) is 1. The molecule has 1 amide bonds. The van der Waals surface area contributed by atoms with Gasteiger partial charge < -0.3 is 20.5 Å². The van der Waals surface area contributed by atoms with Crippen molar-refractivity contribution in [2.24, 2.45) is 5.41 Å². The van der Waals surface area contributed by atoms with E-state index in [0.717, 1.165) is 6.07 Å². The van der Waals surface area contributed by atoms with Gasteiger partial charge >= 0.3 is 5.97 Å². The van der Waals surface area contributed by atoms with Gasteiger partial charge in [0.2, 0.25) is 5.91 Å². The molecule has 3 N–H and O–H groups in total. The largest absolute Gasteiger partial charge is 0.495 e. The minimum Gasteiger partial charge on any atom is -0.495 e. The Bertz CT molecular complexity index is 1590. The van der Waals surface area contributed by atoms with Crippen LogP contribution in [0.3, 0.4) is 0 Å². The van der Waals surface area contributed by atoms with Gasteiger partial charge in [0.05, 0.1) is 35.5 Å². The maximum absolute atomic E-state index is 15.8. The second-order valence-electron chi connectivity index (χ2n) is 11.4. The monoisotopic (exact) mass is 615 g/mol. The van der Waals surface area contributed by atoms with Gasteiger partial charge in [-0.3, -0.25) is 4.79 Å². The fraction of sp³-hybridized carbons (Fsp3) is 0.323. The lowest BCUT2D eigenvalue weighted by molar-refractivity contribution is -0.118. The molecule has 0 spiro atoms. The van der Waals surface area contributed by atoms with E-state index < -0.39 is 52.3 Å². The molecule has 0 aliphatic carbocycles. The Kier molecular flexibility index (Phi) is 8.84. The average molecular weight is 616 g/mol. The number of nitrogens with zero attached hydrogens (tertiary/aromatic N) is 1. The first-order valence-corrected chi connectivity index (χ1v) is 13.8. The number of amides is 1. The van der Waals surface area contributed by atoms with E-state index >= 15 is 8.78 Å². The number of carboxylic acid groups (broad SMARTS) is 1. The fourth-order valence-electron chi connectivity index (χ4n) is 5.69. The van der Waals surface area contributed by atoms with Crippen molar-refractivity contribution < 1.29 is 28.2 Å². The van der Waals surface area contributed by atoms with Crippen molar-refractivity contribution in [3.8, 4) is 11.8 Å². The molecule has 1 heterocycles. The van der Waals surface area contributed by atoms with E-state index in [0.29, 0.717) is 6.42 Å². The van der Waals surface area contributed by atoms with Crippen LogP contribution in [0, 0.1) is 28.4 Å². The molecular weight excluding hydrogens is 587 g/mol. The number of carbonyl (C=O) groups is 2. The zero-order chi connectivity index (χ0) is 31.0. The molecule has 0 radical (unpaired) electrons. The van der Waals surface area contributed by atoms with Crippen molar-refractivity contribution in [1.29, 1.82) is 5.26 Å². The van der Waals surface area contributed by atoms with Crippen molar-refractivity contribution >= 4 is 40.8 Å². The van der Waals surface area contributed by atoms with Gasteiger partial charge in [-0.1, -0.05) is 62.2 Å². The SMILES string of the molecule is COc1cc(C(=O)O)ccc1NC(=O)[C@@H]1N[C@H](CC(C)(C)C)[C@](C#N)(c2ccc(Cl)cc2F)[C@@H]1c1cccc(Cl)c1F. The molecule has 4 rings (SSSR count). The predicted molar refractivity (Wildman–Crippen MR) is 156 cm³/mol. The Hall–Kier alpha value is -3.71. The van der Waals surface area contributed by atoms with Crippen molar-refractivity contribution in [1.82, 2.24) is 5.32 Å². The van der Waals surface area contributed by atoms with Crippen LogP contribution >= 0.6 is 23.2 Å². The Labute approximate surface area is 252 Å². The van der Waals surface area contributed by atoms with Gasteiger partial charge in [-0.05, 0) is 53.8 Å². The molecule has 42 heavy (non-hydrogen) atoms. The first-order chi connectivity index (χ1) is 19.7. The summed E-state index contributed by atoms with van der Waals surface area (Å²) in [6.45, 7) is 5.81. The third-order valence-corrected chi connectivity index (χ3v) is 7.96. The van der Waals surface area contributed by atoms with Crippen LogP contribution < -0.4 is 15.4 Å². The molecule has 1 saturated heterocycles. The number of nitriles is 1. The standard InChI is InChI=1S/C31H29Cl2F2N3O4/c1-30(2,3)14-24-31(15-36,19-10-9-17(32)13-21(19)34)25(18-6-5-7-20(33)26(18)35)27(38-24)28(39)37-22-11-8-16(29(40)41)12-23(22)42-4/h5-13,24-25,27,38H,14H2,1-4H3,(H,37,39)(H,40,41)/t24-,25-,27-,31+/m1/s1. The number of carbonyl (C=O) groups excluding carboxylic acids is 1. The lowest BCUT2D eigenvalue weighted by Crippen LogP contribution is -2.45. The highest BCUT2D eigenvalue weighted by Gasteiger charge is 2.61. The number of rotatable bonds is 7. The second kappa shape index (κ2) is 11.9. The fourth-order valence-corrected chi connectivity index (χ4v) is 6.04. The smallest absolute Gasteiger partial charge is 0.335 e. The Morgan fingerprint density at radius 1 is 1.14 bits per heavy atom. The van der Waals surface area contributed by atoms with E-state index in [-0.39, 0.29) is 38.2 Å². The van der Waals surface area contributed by atoms with Gasteiger partial charge in [0, 0.05) is 22.5 Å². The number of hydrogen-bond acceptors (Lipinski definition) is 5. The summed E-state index contributed by atoms with van der Waals surface area (Å²) < 4.78 is 36.8. The zero-order valence-corrected chi connectivity index (χ0v) is 24.8. The Morgan fingerprint density at radius 2 is 1.86 bits per heavy atom. The van der Waals surface area contributed by atoms with Crippen LogP contribution in [0.1, 0.15) is 54.6 Å². The molecule has 0 unspecified atom stereocenters. The first-order valence-electron chi connectivity index (χ1n) is 13.0. The predicted octanol–water partition coefficient (Wildman–Crippen LogP) is 6.94. The number of anilines is 1. The van der Waals surface area contributed by atoms with Crippen LogP contribution in [0.2, 0.25) is 10.0 Å². The summed E-state index contributed by atoms with van der Waals surface area (Å²) in [4.78, 5) is 25.5. The molecule has 3 aromatic carbocycles. The quantitative estimate of drug-likeness (QED) is 0.265. The molecule has 0 bridgehead atoms. The third-order valence-electron chi connectivity index (χ3n) is 7.44. The van der Waals surface area contributed by atoms with Crippen LogP contribution in [0.5, 0.6) is 5.75 Å². The molecule has 4 atom stereocenters. The van der Waals surface area contributed by atoms with Gasteiger partial charge in [-0.2, -0.15) is 5.26 Å². The lowest BCUT2D eigenvalue weighted by Gasteiger charge is -2.37. The summed E-state index contributed by atoms with van der Waals surface area (Å²) in [6, 6.07) is 12.3. The van der Waals surface area contributed by atoms with Crippen LogP contribution in [-0.4, -0.2) is 36.2 Å². The van der Waals surface area contributed by atoms with Gasteiger partial charge in [-0.15, -0.1) is 0 Å². The average Bonchev–Trinajstić information content (AvgIpc) is 3.23. The maximum atomic E-state index is 15.8. The van der Waals surface area contributed by atoms with Crippen LogP contribution in [0.4, 0.5) is 14.5 Å². The molecule has 7 nitrogen and oxygen atoms in total. The van der Waals surface area contributed by atoms with E-state index in [4.69, 9.17) is 27.9 Å². The number of carboxylic acids is 1. The molecule has 11 heteroatoms. The van der Waals surface area contributed by atoms with Gasteiger partial charge in [-0.25, -0.2) is 13.6 Å². The molecule has 220 valence electrons. The van der Waals surface area contributed by atoms with Crippen molar-refractivity contribution in [2.75, 3.05) is 12.4 Å². The highest BCUT2D eigenvalue weighted by atomic mass is 35.5. The maximum Gasteiger partial charge on any atom is 0.335 e. The van der Waals surface area contributed by atoms with Gasteiger partial charge in [0.25, 0.3) is 0 Å². The summed E-state index contributed by atoms with van der Waals surface area (Å²) >= 11 is 12.2. The van der Waals surface area contributed by atoms with Crippen LogP contribution in [-0.2, 0) is 10.2 Å². The van der Waals surface area contributed by atoms with E-state index in [1.54, 1.807) is 0 Å². The zero-order valence-electron chi connectivity index (χ0n) is 23.3. The summed E-state index contributed by atoms with van der Waals surface area (Å²) in [5.74, 6) is -4.65. The number of nitrogens with one attached hydrogen (secondary N) is 2. The normalized spacial score (nSPS) is 21.9. The van der Waals surface area contributed by atoms with Crippen LogP contribution in [0.25, 0.3) is 0 Å². The van der Waals surface area contributed by atoms with E-state index in [2.05, 4.69) is 16.7 Å². The van der Waals surface area contributed by atoms with Gasteiger partial charge in [0.15, 0.2) is 0 Å². The second-order valence-corrected chi connectivity index (χ2v) is 12.2. The molecule has 0 saturated carbocycles. The van der Waals surface area contributed by atoms with Crippen molar-refractivity contribution in [3.63, 3.8) is 0 Å². The summed E-state index contributed by atoms with van der Waals surface area (Å²) in [6.07, 6.45) is 0.307. The van der Waals surface area contributed by atoms with Crippen LogP contribution in [0.15, 0.2) is 54.6 Å². The number of methoxy groups -OCH3 is 1. The topological polar surface area (TPSA) is 111 Å². The Balaban J connectivity index is 1.95. The number of aromatic carboxylic acids is 1. The number of hydrogen-bond donors (Lipinski definition) is 3. The summed E-state index contributed by atoms with van der Waals surface area (Å²) in [7, 11) is 1.32. The van der Waals surface area contributed by atoms with E-state index in [9.17, 15) is 20.0 Å². The minimum absolute atomic E-state index is 0.0424. The molecule has 1 aliphatic rings. The highest BCUT2D eigenvalue weighted by Crippen LogP contribution is 2.53. The Morgan fingerprint density at radius 3 is 2.45 bits per heavy atom. The third kappa shape index (κ3) is 5.80. The molecule has 3 aromatic rings. The van der Waals surface area contributed by atoms with E-state index in [1.807, 2.05) is 20.8 Å². The first kappa shape index (κ1) is 31.2. The van der Waals surface area contributed by atoms with E-state index in [1.165, 1.54) is 55.6 Å². The molecular formula is C31H29Cl2F2N3O4. The molecule has 1 fully saturated rings. The molecule has 1 aliphatic heterocycles. The summed E-state index contributed by atoms with van der Waals surface area (Å²) in [5, 5.41) is 26.1. The minimum atomic E-state index is -1.78. The molecule has 0 aromatic heterocycles. The van der Waals surface area contributed by atoms with Crippen molar-refractivity contribution in [2.45, 2.75) is 50.6 Å². The number of benzene rings is 3. The lowest BCUT2D eigenvalue weighted by atomic mass is 9.62.